The van der Waals surface area contributed by atoms with Crippen LogP contribution in [0.3, 0.4) is 0 Å². The van der Waals surface area contributed by atoms with Crippen LogP contribution in [0, 0.1) is 6.92 Å². The van der Waals surface area contributed by atoms with Crippen molar-refractivity contribution in [1.82, 2.24) is 0 Å². The van der Waals surface area contributed by atoms with Crippen LogP contribution in [-0.2, 0) is 5.60 Å². The molecule has 3 heteroatoms. The molecule has 0 spiro atoms. The number of pyridine rings is 1. The van der Waals surface area contributed by atoms with Gasteiger partial charge in [0.2, 0.25) is 0 Å². The summed E-state index contributed by atoms with van der Waals surface area (Å²) in [5.41, 5.74) is 2.79. The van der Waals surface area contributed by atoms with E-state index in [0.29, 0.717) is 0 Å². The maximum Gasteiger partial charge on any atom is 0.167 e. The van der Waals surface area contributed by atoms with E-state index in [9.17, 15) is 5.11 Å². The molecule has 0 aliphatic carbocycles. The quantitative estimate of drug-likeness (QED) is 0.532. The number of hydrogen-bond donors (Lipinski definition) is 1. The average Bonchev–Trinajstić information content (AvgIpc) is 2.76. The van der Waals surface area contributed by atoms with Crippen LogP contribution < -0.4 is 17.4 Å². The molecule has 0 fully saturated rings. The van der Waals surface area contributed by atoms with Crippen LogP contribution in [0.4, 0.5) is 0 Å². The first-order valence-corrected chi connectivity index (χ1v) is 9.03. The van der Waals surface area contributed by atoms with Crippen LogP contribution in [0.2, 0.25) is 0 Å². The Morgan fingerprint density at radius 1 is 0.571 bits per heavy atom. The molecular weight excluding hydrogens is 366 g/mol. The molecule has 0 aliphatic rings. The number of aromatic amines is 1. The summed E-state index contributed by atoms with van der Waals surface area (Å²) in [5, 5.41) is 11.4. The lowest BCUT2D eigenvalue weighted by atomic mass is 9.80. The minimum Gasteiger partial charge on any atom is -1.00 e. The van der Waals surface area contributed by atoms with Crippen molar-refractivity contribution >= 4 is 0 Å². The molecule has 0 unspecified atom stereocenters. The summed E-state index contributed by atoms with van der Waals surface area (Å²) in [6.07, 6.45) is 3.82. The Morgan fingerprint density at radius 2 is 0.893 bits per heavy atom. The zero-order valence-electron chi connectivity index (χ0n) is 15.8. The molecule has 2 nitrogen and oxygen atoms in total. The van der Waals surface area contributed by atoms with Gasteiger partial charge in [-0.2, -0.15) is 0 Å². The number of aromatic nitrogens is 1. The monoisotopic (exact) mass is 389 g/mol. The zero-order chi connectivity index (χ0) is 19.0. The van der Waals surface area contributed by atoms with Crippen LogP contribution in [0.25, 0.3) is 0 Å². The van der Waals surface area contributed by atoms with E-state index in [1.165, 1.54) is 5.56 Å². The maximum absolute atomic E-state index is 11.4. The summed E-state index contributed by atoms with van der Waals surface area (Å²) in [6.45, 7) is 2.06. The Labute approximate surface area is 173 Å². The van der Waals surface area contributed by atoms with Gasteiger partial charge in [0, 0.05) is 12.1 Å². The molecule has 0 atom stereocenters. The minimum absolute atomic E-state index is 0. The van der Waals surface area contributed by atoms with Crippen molar-refractivity contribution in [3.8, 4) is 0 Å². The average molecular weight is 390 g/mol. The van der Waals surface area contributed by atoms with Crippen LogP contribution in [0.15, 0.2) is 116 Å². The van der Waals surface area contributed by atoms with Gasteiger partial charge in [0.25, 0.3) is 0 Å². The van der Waals surface area contributed by atoms with Crippen molar-refractivity contribution in [2.75, 3.05) is 0 Å². The number of rotatable bonds is 3. The van der Waals surface area contributed by atoms with Gasteiger partial charge in [-0.05, 0) is 29.2 Å². The zero-order valence-corrected chi connectivity index (χ0v) is 16.6. The highest BCUT2D eigenvalue weighted by atomic mass is 35.5. The second kappa shape index (κ2) is 10.4. The van der Waals surface area contributed by atoms with E-state index in [1.54, 1.807) is 0 Å². The van der Waals surface area contributed by atoms with Gasteiger partial charge in [-0.3, -0.25) is 0 Å². The molecule has 1 aromatic heterocycles. The van der Waals surface area contributed by atoms with E-state index in [1.807, 2.05) is 116 Å². The van der Waals surface area contributed by atoms with Gasteiger partial charge in [0.15, 0.2) is 12.4 Å². The third-order valence-corrected chi connectivity index (χ3v) is 4.46. The van der Waals surface area contributed by atoms with Crippen molar-refractivity contribution in [1.29, 1.82) is 0 Å². The SMILES string of the molecule is Cc1cc[nH+]cc1.OC(c1ccccc1)(c1ccccc1)c1ccccc1.[Cl-]. The fourth-order valence-electron chi connectivity index (χ4n) is 3.01. The number of benzene rings is 3. The van der Waals surface area contributed by atoms with Gasteiger partial charge >= 0.3 is 0 Å². The first-order chi connectivity index (χ1) is 13.2. The third-order valence-electron chi connectivity index (χ3n) is 4.46. The molecule has 142 valence electrons. The summed E-state index contributed by atoms with van der Waals surface area (Å²) in [5.74, 6) is 0. The normalized spacial score (nSPS) is 10.2. The number of halogens is 1. The highest BCUT2D eigenvalue weighted by molar-refractivity contribution is 5.46. The first kappa shape index (κ1) is 21.4. The van der Waals surface area contributed by atoms with Crippen LogP contribution in [0.1, 0.15) is 22.3 Å². The number of nitrogens with one attached hydrogen (secondary N) is 1. The predicted molar refractivity (Wildman–Crippen MR) is 109 cm³/mol. The molecule has 1 heterocycles. The molecule has 28 heavy (non-hydrogen) atoms. The summed E-state index contributed by atoms with van der Waals surface area (Å²) < 4.78 is 0. The standard InChI is InChI=1S/C19H16O.C6H7N.ClH/c20-19(16-10-4-1-5-11-16,17-12-6-2-7-13-17)18-14-8-3-9-15-18;1-6-2-4-7-5-3-6;/h1-15,20H;2-5H,1H3;1H. The smallest absolute Gasteiger partial charge is 0.167 e. The van der Waals surface area contributed by atoms with E-state index in [0.717, 1.165) is 16.7 Å². The van der Waals surface area contributed by atoms with Crippen molar-refractivity contribution in [2.45, 2.75) is 12.5 Å². The molecule has 0 aliphatic heterocycles. The van der Waals surface area contributed by atoms with Crippen molar-refractivity contribution in [3.63, 3.8) is 0 Å². The van der Waals surface area contributed by atoms with E-state index >= 15 is 0 Å². The van der Waals surface area contributed by atoms with Gasteiger partial charge < -0.3 is 17.5 Å². The first-order valence-electron chi connectivity index (χ1n) is 9.03. The predicted octanol–water partition coefficient (Wildman–Crippen LogP) is 1.78. The largest absolute Gasteiger partial charge is 1.00 e. The molecule has 0 saturated heterocycles. The van der Waals surface area contributed by atoms with Gasteiger partial charge in [0.05, 0.1) is 0 Å². The van der Waals surface area contributed by atoms with Crippen molar-refractivity contribution in [3.05, 3.63) is 138 Å². The van der Waals surface area contributed by atoms with E-state index < -0.39 is 5.60 Å². The molecule has 0 bridgehead atoms. The molecule has 2 N–H and O–H groups in total. The van der Waals surface area contributed by atoms with Crippen LogP contribution >= 0.6 is 0 Å². The topological polar surface area (TPSA) is 34.4 Å². The summed E-state index contributed by atoms with van der Waals surface area (Å²) in [4.78, 5) is 2.93. The molecule has 0 saturated carbocycles. The van der Waals surface area contributed by atoms with E-state index in [-0.39, 0.29) is 12.4 Å². The fourth-order valence-corrected chi connectivity index (χ4v) is 3.01. The second-order valence-electron chi connectivity index (χ2n) is 6.39. The second-order valence-corrected chi connectivity index (χ2v) is 6.39. The fraction of sp³-hybridized carbons (Fsp3) is 0.0800. The van der Waals surface area contributed by atoms with E-state index in [2.05, 4.69) is 11.9 Å². The number of H-pyrrole nitrogens is 1. The van der Waals surface area contributed by atoms with E-state index in [4.69, 9.17) is 0 Å². The highest BCUT2D eigenvalue weighted by Gasteiger charge is 2.33. The van der Waals surface area contributed by atoms with Crippen molar-refractivity contribution in [2.24, 2.45) is 0 Å². The third kappa shape index (κ3) is 5.07. The molecule has 0 amide bonds. The lowest BCUT2D eigenvalue weighted by molar-refractivity contribution is -0.378. The Morgan fingerprint density at radius 3 is 1.14 bits per heavy atom. The molecule has 4 rings (SSSR count). The number of aryl methyl sites for hydroxylation is 1. The Balaban J connectivity index is 0.000000298. The van der Waals surface area contributed by atoms with Crippen LogP contribution in [0.5, 0.6) is 0 Å². The summed E-state index contributed by atoms with van der Waals surface area (Å²) in [7, 11) is 0. The Hall–Kier alpha value is -2.94. The summed E-state index contributed by atoms with van der Waals surface area (Å²) in [6, 6.07) is 33.4. The van der Waals surface area contributed by atoms with Gasteiger partial charge in [-0.25, -0.2) is 4.98 Å². The van der Waals surface area contributed by atoms with Gasteiger partial charge in [-0.1, -0.05) is 91.0 Å². The van der Waals surface area contributed by atoms with Crippen molar-refractivity contribution < 1.29 is 22.5 Å². The maximum atomic E-state index is 11.4. The van der Waals surface area contributed by atoms with Gasteiger partial charge in [0.1, 0.15) is 5.60 Å². The highest BCUT2D eigenvalue weighted by Crippen LogP contribution is 2.36. The lowest BCUT2D eigenvalue weighted by Gasteiger charge is -2.30. The molecule has 0 radical (unpaired) electrons. The molecule has 3 aromatic carbocycles. The minimum atomic E-state index is -1.12. The Kier molecular flexibility index (Phi) is 7.94. The Bertz CT molecular complexity index is 832. The summed E-state index contributed by atoms with van der Waals surface area (Å²) >= 11 is 0. The number of hydrogen-bond acceptors (Lipinski definition) is 1. The van der Waals surface area contributed by atoms with Gasteiger partial charge in [-0.15, -0.1) is 0 Å². The van der Waals surface area contributed by atoms with Crippen LogP contribution in [-0.4, -0.2) is 5.11 Å². The number of aliphatic hydroxyl groups is 1. The molecular formula is C25H24ClNO. The lowest BCUT2D eigenvalue weighted by Crippen LogP contribution is -3.00. The molecule has 4 aromatic rings.